The van der Waals surface area contributed by atoms with Crippen LogP contribution in [0.2, 0.25) is 5.02 Å². The van der Waals surface area contributed by atoms with Crippen LogP contribution in [-0.4, -0.2) is 69.4 Å². The number of ether oxygens (including phenoxy) is 1. The monoisotopic (exact) mass is 533 g/mol. The van der Waals surface area contributed by atoms with E-state index in [0.717, 1.165) is 48.9 Å². The summed E-state index contributed by atoms with van der Waals surface area (Å²) >= 11 is 6.21. The van der Waals surface area contributed by atoms with Gasteiger partial charge in [0.05, 0.1) is 13.7 Å². The van der Waals surface area contributed by atoms with Gasteiger partial charge in [-0.15, -0.1) is 0 Å². The van der Waals surface area contributed by atoms with Gasteiger partial charge in [0.25, 0.3) is 0 Å². The molecule has 9 heteroatoms. The number of halogens is 1. The molecule has 0 atom stereocenters. The van der Waals surface area contributed by atoms with Gasteiger partial charge < -0.3 is 14.5 Å². The van der Waals surface area contributed by atoms with Crippen molar-refractivity contribution in [2.75, 3.05) is 44.7 Å². The fourth-order valence-corrected chi connectivity index (χ4v) is 7.29. The minimum atomic E-state index is -3.93. The van der Waals surface area contributed by atoms with Gasteiger partial charge in [0.1, 0.15) is 10.6 Å². The number of anilines is 1. The first-order chi connectivity index (χ1) is 17.2. The van der Waals surface area contributed by atoms with Crippen LogP contribution in [0.15, 0.2) is 41.3 Å². The molecule has 196 valence electrons. The van der Waals surface area contributed by atoms with Gasteiger partial charge >= 0.3 is 0 Å². The number of methoxy groups -OCH3 is 1. The second-order valence-electron chi connectivity index (χ2n) is 9.80. The highest BCUT2D eigenvalue weighted by Crippen LogP contribution is 2.33. The first-order valence-corrected chi connectivity index (χ1v) is 14.5. The highest BCUT2D eigenvalue weighted by atomic mass is 35.5. The van der Waals surface area contributed by atoms with Gasteiger partial charge in [0, 0.05) is 42.9 Å². The average Bonchev–Trinajstić information content (AvgIpc) is 2.89. The molecular formula is C27H36ClN3O4S. The smallest absolute Gasteiger partial charge is 0.247 e. The zero-order valence-corrected chi connectivity index (χ0v) is 22.9. The number of aryl methyl sites for hydroxylation is 2. The van der Waals surface area contributed by atoms with Crippen molar-refractivity contribution in [3.8, 4) is 5.75 Å². The zero-order valence-electron chi connectivity index (χ0n) is 21.4. The Morgan fingerprint density at radius 1 is 1.03 bits per heavy atom. The predicted molar refractivity (Wildman–Crippen MR) is 143 cm³/mol. The molecule has 2 aromatic rings. The van der Waals surface area contributed by atoms with Crippen LogP contribution in [0.3, 0.4) is 0 Å². The fourth-order valence-electron chi connectivity index (χ4n) is 5.24. The molecule has 0 N–H and O–H groups in total. The summed E-state index contributed by atoms with van der Waals surface area (Å²) < 4.78 is 34.7. The number of piperazine rings is 1. The Hall–Kier alpha value is -2.29. The molecule has 0 radical (unpaired) electrons. The highest BCUT2D eigenvalue weighted by molar-refractivity contribution is 7.89. The van der Waals surface area contributed by atoms with E-state index in [9.17, 15) is 13.2 Å². The lowest BCUT2D eigenvalue weighted by atomic mass is 9.95. The molecule has 0 aromatic heterocycles. The molecule has 36 heavy (non-hydrogen) atoms. The molecule has 2 fully saturated rings. The molecule has 7 nitrogen and oxygen atoms in total. The first kappa shape index (κ1) is 26.8. The number of rotatable bonds is 7. The van der Waals surface area contributed by atoms with E-state index in [2.05, 4.69) is 11.8 Å². The topological polar surface area (TPSA) is 70.2 Å². The summed E-state index contributed by atoms with van der Waals surface area (Å²) in [5.41, 5.74) is 3.05. The largest absolute Gasteiger partial charge is 0.495 e. The summed E-state index contributed by atoms with van der Waals surface area (Å²) in [6.07, 6.45) is 4.56. The van der Waals surface area contributed by atoms with Crippen LogP contribution in [-0.2, 0) is 14.8 Å². The molecule has 1 aliphatic carbocycles. The number of amides is 1. The van der Waals surface area contributed by atoms with E-state index in [-0.39, 0.29) is 23.4 Å². The molecule has 1 saturated heterocycles. The average molecular weight is 534 g/mol. The van der Waals surface area contributed by atoms with Crippen molar-refractivity contribution in [2.24, 2.45) is 0 Å². The summed E-state index contributed by atoms with van der Waals surface area (Å²) in [5.74, 6) is 0.151. The van der Waals surface area contributed by atoms with Gasteiger partial charge in [0.15, 0.2) is 0 Å². The fraction of sp³-hybridized carbons (Fsp3) is 0.519. The maximum absolute atomic E-state index is 13.9. The van der Waals surface area contributed by atoms with Gasteiger partial charge in [0.2, 0.25) is 15.9 Å². The summed E-state index contributed by atoms with van der Waals surface area (Å²) in [4.78, 5) is 17.6. The molecule has 1 heterocycles. The lowest BCUT2D eigenvalue weighted by molar-refractivity contribution is -0.132. The minimum absolute atomic E-state index is 0.129. The van der Waals surface area contributed by atoms with Crippen LogP contribution in [0.1, 0.15) is 43.2 Å². The third-order valence-corrected chi connectivity index (χ3v) is 9.48. The second-order valence-corrected chi connectivity index (χ2v) is 12.1. The number of hydrogen-bond acceptors (Lipinski definition) is 5. The standard InChI is InChI=1S/C27H36ClN3O4S/c1-20-9-12-25(35-3)26(17-20)36(33,34)31(23-7-5-4-6-8-23)19-27(32)30-15-13-29(14-16-30)24-18-22(28)11-10-21(24)2/h9-12,17-18,23H,4-8,13-16,19H2,1-3H3. The third kappa shape index (κ3) is 5.82. The van der Waals surface area contributed by atoms with Gasteiger partial charge in [-0.25, -0.2) is 8.42 Å². The number of benzene rings is 2. The SMILES string of the molecule is COc1ccc(C)cc1S(=O)(=O)N(CC(=O)N1CCN(c2cc(Cl)ccc2C)CC1)C1CCCCC1. The van der Waals surface area contributed by atoms with E-state index in [1.807, 2.05) is 31.2 Å². The predicted octanol–water partition coefficient (Wildman–Crippen LogP) is 4.64. The summed E-state index contributed by atoms with van der Waals surface area (Å²) in [6, 6.07) is 10.8. The van der Waals surface area contributed by atoms with Gasteiger partial charge in [-0.2, -0.15) is 4.31 Å². The van der Waals surface area contributed by atoms with Crippen LogP contribution >= 0.6 is 11.6 Å². The van der Waals surface area contributed by atoms with Crippen molar-refractivity contribution in [2.45, 2.75) is 56.9 Å². The number of nitrogens with zero attached hydrogens (tertiary/aromatic N) is 3. The molecule has 2 aromatic carbocycles. The maximum Gasteiger partial charge on any atom is 0.247 e. The Labute approximate surface area is 220 Å². The molecule has 2 aliphatic rings. The van der Waals surface area contributed by atoms with E-state index in [1.165, 1.54) is 11.4 Å². The Morgan fingerprint density at radius 2 is 1.72 bits per heavy atom. The van der Waals surface area contributed by atoms with Gasteiger partial charge in [-0.3, -0.25) is 4.79 Å². The molecule has 0 spiro atoms. The van der Waals surface area contributed by atoms with Crippen LogP contribution in [0.25, 0.3) is 0 Å². The lowest BCUT2D eigenvalue weighted by Crippen LogP contribution is -2.53. The number of hydrogen-bond donors (Lipinski definition) is 0. The van der Waals surface area contributed by atoms with Crippen LogP contribution in [0.4, 0.5) is 5.69 Å². The van der Waals surface area contributed by atoms with Gasteiger partial charge in [-0.1, -0.05) is 43.0 Å². The van der Waals surface area contributed by atoms with Crippen LogP contribution in [0.5, 0.6) is 5.75 Å². The Balaban J connectivity index is 1.53. The molecule has 0 bridgehead atoms. The quantitative estimate of drug-likeness (QED) is 0.518. The van der Waals surface area contributed by atoms with E-state index in [4.69, 9.17) is 16.3 Å². The van der Waals surface area contributed by atoms with E-state index in [0.29, 0.717) is 37.0 Å². The number of carbonyl (C=O) groups is 1. The van der Waals surface area contributed by atoms with E-state index >= 15 is 0 Å². The van der Waals surface area contributed by atoms with Crippen molar-refractivity contribution in [3.05, 3.63) is 52.5 Å². The van der Waals surface area contributed by atoms with Crippen molar-refractivity contribution >= 4 is 33.2 Å². The third-order valence-electron chi connectivity index (χ3n) is 7.32. The summed E-state index contributed by atoms with van der Waals surface area (Å²) in [7, 11) is -2.45. The van der Waals surface area contributed by atoms with Crippen LogP contribution < -0.4 is 9.64 Å². The number of sulfonamides is 1. The van der Waals surface area contributed by atoms with Crippen LogP contribution in [0, 0.1) is 13.8 Å². The Morgan fingerprint density at radius 3 is 2.39 bits per heavy atom. The van der Waals surface area contributed by atoms with Crippen molar-refractivity contribution in [1.82, 2.24) is 9.21 Å². The van der Waals surface area contributed by atoms with Crippen molar-refractivity contribution in [3.63, 3.8) is 0 Å². The highest BCUT2D eigenvalue weighted by Gasteiger charge is 2.37. The molecular weight excluding hydrogens is 498 g/mol. The second kappa shape index (κ2) is 11.4. The van der Waals surface area contributed by atoms with E-state index in [1.54, 1.807) is 17.0 Å². The zero-order chi connectivity index (χ0) is 25.9. The summed E-state index contributed by atoms with van der Waals surface area (Å²) in [6.45, 7) is 6.18. The van der Waals surface area contributed by atoms with Crippen molar-refractivity contribution in [1.29, 1.82) is 0 Å². The lowest BCUT2D eigenvalue weighted by Gasteiger charge is -2.39. The van der Waals surface area contributed by atoms with Gasteiger partial charge in [-0.05, 0) is 62.1 Å². The number of carbonyl (C=O) groups excluding carboxylic acids is 1. The maximum atomic E-state index is 13.9. The molecule has 1 aliphatic heterocycles. The van der Waals surface area contributed by atoms with Crippen molar-refractivity contribution < 1.29 is 17.9 Å². The molecule has 4 rings (SSSR count). The Kier molecular flexibility index (Phi) is 8.48. The summed E-state index contributed by atoms with van der Waals surface area (Å²) in [5, 5.41) is 0.689. The minimum Gasteiger partial charge on any atom is -0.495 e. The molecule has 0 unspecified atom stereocenters. The normalized spacial score (nSPS) is 17.5. The molecule has 1 amide bonds. The van der Waals surface area contributed by atoms with E-state index < -0.39 is 10.0 Å². The Bertz CT molecular complexity index is 1190. The molecule has 1 saturated carbocycles. The first-order valence-electron chi connectivity index (χ1n) is 12.7.